The van der Waals surface area contributed by atoms with E-state index in [1.807, 2.05) is 19.1 Å². The second kappa shape index (κ2) is 6.84. The average Bonchev–Trinajstić information content (AvgIpc) is 3.19. The number of halogens is 1. The Hall–Kier alpha value is -2.67. The first-order valence-electron chi connectivity index (χ1n) is 7.41. The zero-order valence-corrected chi connectivity index (χ0v) is 13.9. The molecule has 8 heteroatoms. The van der Waals surface area contributed by atoms with Gasteiger partial charge in [0.05, 0.1) is 17.3 Å². The fourth-order valence-electron chi connectivity index (χ4n) is 2.27. The lowest BCUT2D eigenvalue weighted by molar-refractivity contribution is 0.0944. The number of aromatic nitrogens is 3. The van der Waals surface area contributed by atoms with Crippen LogP contribution in [0.1, 0.15) is 34.6 Å². The van der Waals surface area contributed by atoms with Crippen molar-refractivity contribution in [1.29, 1.82) is 0 Å². The molecule has 3 aromatic rings. The van der Waals surface area contributed by atoms with Crippen molar-refractivity contribution in [3.05, 3.63) is 52.2 Å². The lowest BCUT2D eigenvalue weighted by Crippen LogP contribution is -2.24. The maximum atomic E-state index is 12.3. The van der Waals surface area contributed by atoms with Gasteiger partial charge in [-0.3, -0.25) is 4.79 Å². The highest BCUT2D eigenvalue weighted by Gasteiger charge is 2.20. The van der Waals surface area contributed by atoms with E-state index in [9.17, 15) is 4.79 Å². The van der Waals surface area contributed by atoms with Crippen LogP contribution in [-0.4, -0.2) is 21.2 Å². The second-order valence-electron chi connectivity index (χ2n) is 5.09. The second-order valence-corrected chi connectivity index (χ2v) is 5.50. The molecule has 0 aliphatic rings. The maximum absolute atomic E-state index is 12.3. The summed E-state index contributed by atoms with van der Waals surface area (Å²) in [7, 11) is 0. The Morgan fingerprint density at radius 1 is 1.25 bits per heavy atom. The number of hydrogen-bond donors (Lipinski definition) is 1. The summed E-state index contributed by atoms with van der Waals surface area (Å²) < 4.78 is 10.2. The maximum Gasteiger partial charge on any atom is 0.257 e. The monoisotopic (exact) mass is 346 g/mol. The smallest absolute Gasteiger partial charge is 0.257 e. The summed E-state index contributed by atoms with van der Waals surface area (Å²) in [6.07, 6.45) is 0.608. The molecule has 0 aliphatic carbocycles. The topological polar surface area (TPSA) is 94.1 Å². The van der Waals surface area contributed by atoms with Crippen molar-refractivity contribution >= 4 is 17.5 Å². The average molecular weight is 347 g/mol. The minimum atomic E-state index is -0.289. The van der Waals surface area contributed by atoms with Gasteiger partial charge in [0.15, 0.2) is 0 Å². The van der Waals surface area contributed by atoms with Crippen molar-refractivity contribution in [3.8, 4) is 11.4 Å². The molecule has 0 aliphatic heterocycles. The van der Waals surface area contributed by atoms with Crippen LogP contribution in [0.5, 0.6) is 0 Å². The molecule has 0 saturated heterocycles. The third kappa shape index (κ3) is 3.16. The van der Waals surface area contributed by atoms with Gasteiger partial charge in [-0.15, -0.1) is 0 Å². The highest BCUT2D eigenvalue weighted by atomic mass is 35.5. The van der Waals surface area contributed by atoms with E-state index >= 15 is 0 Å². The number of nitrogens with one attached hydrogen (secondary N) is 1. The molecular weight excluding hydrogens is 332 g/mol. The molecular formula is C16H15ClN4O3. The summed E-state index contributed by atoms with van der Waals surface area (Å²) in [5.41, 5.74) is 1.74. The molecule has 3 rings (SSSR count). The predicted octanol–water partition coefficient (Wildman–Crippen LogP) is 3.18. The SMILES string of the molecule is CCc1noc(C)c1C(=O)NCc1nc(-c2ccccc2Cl)no1. The van der Waals surface area contributed by atoms with Crippen LogP contribution in [-0.2, 0) is 13.0 Å². The lowest BCUT2D eigenvalue weighted by Gasteiger charge is -2.01. The molecule has 0 radical (unpaired) electrons. The quantitative estimate of drug-likeness (QED) is 0.762. The summed E-state index contributed by atoms with van der Waals surface area (Å²) in [5.74, 6) is 0.848. The Morgan fingerprint density at radius 3 is 2.79 bits per heavy atom. The van der Waals surface area contributed by atoms with Gasteiger partial charge in [0.1, 0.15) is 11.3 Å². The zero-order valence-electron chi connectivity index (χ0n) is 13.2. The number of hydrogen-bond acceptors (Lipinski definition) is 6. The fourth-order valence-corrected chi connectivity index (χ4v) is 2.49. The first-order valence-corrected chi connectivity index (χ1v) is 7.78. The van der Waals surface area contributed by atoms with E-state index in [0.717, 1.165) is 0 Å². The molecule has 0 fully saturated rings. The summed E-state index contributed by atoms with van der Waals surface area (Å²) in [5, 5.41) is 11.0. The number of benzene rings is 1. The number of amides is 1. The Labute approximate surface area is 143 Å². The highest BCUT2D eigenvalue weighted by Crippen LogP contribution is 2.24. The highest BCUT2D eigenvalue weighted by molar-refractivity contribution is 6.33. The first kappa shape index (κ1) is 16.2. The van der Waals surface area contributed by atoms with E-state index in [4.69, 9.17) is 20.6 Å². The van der Waals surface area contributed by atoms with Crippen molar-refractivity contribution in [2.45, 2.75) is 26.8 Å². The van der Waals surface area contributed by atoms with Crippen LogP contribution in [0.3, 0.4) is 0 Å². The van der Waals surface area contributed by atoms with E-state index in [-0.39, 0.29) is 18.3 Å². The van der Waals surface area contributed by atoms with Gasteiger partial charge in [0.2, 0.25) is 11.7 Å². The predicted molar refractivity (Wildman–Crippen MR) is 86.5 cm³/mol. The van der Waals surface area contributed by atoms with Crippen LogP contribution >= 0.6 is 11.6 Å². The molecule has 1 N–H and O–H groups in total. The van der Waals surface area contributed by atoms with Crippen molar-refractivity contribution in [3.63, 3.8) is 0 Å². The standard InChI is InChI=1S/C16H15ClN4O3/c1-3-12-14(9(2)23-20-12)16(22)18-8-13-19-15(21-24-13)10-6-4-5-7-11(10)17/h4-7H,3,8H2,1-2H3,(H,18,22). The molecule has 1 aromatic carbocycles. The number of carbonyl (C=O) groups is 1. The van der Waals surface area contributed by atoms with Gasteiger partial charge in [-0.05, 0) is 25.5 Å². The van der Waals surface area contributed by atoms with E-state index < -0.39 is 0 Å². The van der Waals surface area contributed by atoms with Gasteiger partial charge in [0.25, 0.3) is 5.91 Å². The summed E-state index contributed by atoms with van der Waals surface area (Å²) in [4.78, 5) is 16.5. The largest absolute Gasteiger partial charge is 0.361 e. The molecule has 0 saturated carbocycles. The minimum Gasteiger partial charge on any atom is -0.361 e. The van der Waals surface area contributed by atoms with E-state index in [2.05, 4.69) is 20.6 Å². The number of nitrogens with zero attached hydrogens (tertiary/aromatic N) is 3. The third-order valence-corrected chi connectivity index (χ3v) is 3.81. The Kier molecular flexibility index (Phi) is 4.61. The Morgan fingerprint density at radius 2 is 2.04 bits per heavy atom. The minimum absolute atomic E-state index is 0.101. The number of rotatable bonds is 5. The molecule has 2 aromatic heterocycles. The van der Waals surface area contributed by atoms with E-state index in [1.54, 1.807) is 19.1 Å². The Bertz CT molecular complexity index is 872. The molecule has 0 bridgehead atoms. The third-order valence-electron chi connectivity index (χ3n) is 3.48. The van der Waals surface area contributed by atoms with Gasteiger partial charge >= 0.3 is 0 Å². The van der Waals surface area contributed by atoms with Crippen LogP contribution in [0, 0.1) is 6.92 Å². The molecule has 0 spiro atoms. The summed E-state index contributed by atoms with van der Waals surface area (Å²) >= 11 is 6.11. The summed E-state index contributed by atoms with van der Waals surface area (Å²) in [6, 6.07) is 7.19. The molecule has 1 amide bonds. The van der Waals surface area contributed by atoms with Crippen LogP contribution in [0.15, 0.2) is 33.3 Å². The summed E-state index contributed by atoms with van der Waals surface area (Å²) in [6.45, 7) is 3.70. The molecule has 0 unspecified atom stereocenters. The molecule has 0 atom stereocenters. The van der Waals surface area contributed by atoms with Crippen molar-refractivity contribution < 1.29 is 13.8 Å². The van der Waals surface area contributed by atoms with Gasteiger partial charge in [0, 0.05) is 5.56 Å². The van der Waals surface area contributed by atoms with Crippen LogP contribution < -0.4 is 5.32 Å². The molecule has 124 valence electrons. The van der Waals surface area contributed by atoms with Crippen LogP contribution in [0.25, 0.3) is 11.4 Å². The van der Waals surface area contributed by atoms with Gasteiger partial charge in [-0.1, -0.05) is 41.0 Å². The fraction of sp³-hybridized carbons (Fsp3) is 0.250. The normalized spacial score (nSPS) is 10.8. The molecule has 24 heavy (non-hydrogen) atoms. The number of aryl methyl sites for hydroxylation is 2. The first-order chi connectivity index (χ1) is 11.6. The number of carbonyl (C=O) groups excluding carboxylic acids is 1. The Balaban J connectivity index is 1.71. The van der Waals surface area contributed by atoms with Crippen molar-refractivity contribution in [1.82, 2.24) is 20.6 Å². The van der Waals surface area contributed by atoms with Crippen LogP contribution in [0.4, 0.5) is 0 Å². The lowest BCUT2D eigenvalue weighted by atomic mass is 10.1. The van der Waals surface area contributed by atoms with Gasteiger partial charge in [-0.2, -0.15) is 4.98 Å². The van der Waals surface area contributed by atoms with E-state index in [1.165, 1.54) is 0 Å². The van der Waals surface area contributed by atoms with Crippen molar-refractivity contribution in [2.75, 3.05) is 0 Å². The zero-order chi connectivity index (χ0) is 17.1. The molecule has 2 heterocycles. The van der Waals surface area contributed by atoms with Crippen molar-refractivity contribution in [2.24, 2.45) is 0 Å². The van der Waals surface area contributed by atoms with Gasteiger partial charge in [-0.25, -0.2) is 0 Å². The van der Waals surface area contributed by atoms with Gasteiger partial charge < -0.3 is 14.4 Å². The van der Waals surface area contributed by atoms with Crippen LogP contribution in [0.2, 0.25) is 5.02 Å². The molecule has 7 nitrogen and oxygen atoms in total. The van der Waals surface area contributed by atoms with E-state index in [0.29, 0.717) is 39.8 Å².